The molecule has 1 N–H and O–H groups in total. The van der Waals surface area contributed by atoms with Gasteiger partial charge in [-0.2, -0.15) is 0 Å². The van der Waals surface area contributed by atoms with Crippen molar-refractivity contribution in [1.82, 2.24) is 4.98 Å². The first-order chi connectivity index (χ1) is 8.74. The molecule has 18 heavy (non-hydrogen) atoms. The van der Waals surface area contributed by atoms with Crippen molar-refractivity contribution in [2.45, 2.75) is 0 Å². The van der Waals surface area contributed by atoms with Crippen LogP contribution in [-0.4, -0.2) is 25.3 Å². The fraction of sp³-hybridized carbons (Fsp3) is 0.0769. The minimum absolute atomic E-state index is 0.0237. The largest absolute Gasteiger partial charge is 0.466 e. The van der Waals surface area contributed by atoms with Gasteiger partial charge in [-0.15, -0.1) is 0 Å². The first-order valence-electron chi connectivity index (χ1n) is 5.52. The number of nitrogens with zero attached hydrogens (tertiary/aromatic N) is 1. The number of hydrogen-bond donors (Lipinski definition) is 1. The van der Waals surface area contributed by atoms with Gasteiger partial charge in [-0.3, -0.25) is 4.79 Å². The van der Waals surface area contributed by atoms with Crippen LogP contribution < -0.4 is 15.6 Å². The predicted octanol–water partition coefficient (Wildman–Crippen LogP) is 0.873. The molecule has 1 amide bonds. The third-order valence-corrected chi connectivity index (χ3v) is 2.72. The van der Waals surface area contributed by atoms with E-state index in [4.69, 9.17) is 12.6 Å². The molecule has 0 fully saturated rings. The summed E-state index contributed by atoms with van der Waals surface area (Å²) in [5, 5.41) is 2.72. The zero-order valence-corrected chi connectivity index (χ0v) is 9.51. The van der Waals surface area contributed by atoms with E-state index in [1.165, 1.54) is 0 Å². The summed E-state index contributed by atoms with van der Waals surface area (Å²) in [6.45, 7) is -0.0237. The van der Waals surface area contributed by atoms with Crippen LogP contribution in [0.15, 0.2) is 36.4 Å². The highest BCUT2D eigenvalue weighted by molar-refractivity contribution is 6.34. The number of amides is 1. The van der Waals surface area contributed by atoms with Crippen LogP contribution in [0.2, 0.25) is 0 Å². The second kappa shape index (κ2) is 4.18. The van der Waals surface area contributed by atoms with Gasteiger partial charge in [-0.05, 0) is 22.8 Å². The lowest BCUT2D eigenvalue weighted by atomic mass is 9.92. The van der Waals surface area contributed by atoms with E-state index in [1.807, 2.05) is 30.3 Å². The van der Waals surface area contributed by atoms with E-state index >= 15 is 0 Å². The minimum atomic E-state index is -0.187. The number of rotatable bonds is 1. The Morgan fingerprint density at radius 2 is 2.06 bits per heavy atom. The number of hydrogen-bond acceptors (Lipinski definition) is 3. The first-order valence-corrected chi connectivity index (χ1v) is 5.52. The van der Waals surface area contributed by atoms with Crippen LogP contribution in [0.25, 0.3) is 11.1 Å². The zero-order valence-electron chi connectivity index (χ0n) is 9.51. The molecule has 4 nitrogen and oxygen atoms in total. The summed E-state index contributed by atoms with van der Waals surface area (Å²) in [6.07, 6.45) is 0. The lowest BCUT2D eigenvalue weighted by Crippen LogP contribution is -2.28. The van der Waals surface area contributed by atoms with Crippen LogP contribution in [-0.2, 0) is 4.79 Å². The van der Waals surface area contributed by atoms with E-state index in [1.54, 1.807) is 6.07 Å². The second-order valence-corrected chi connectivity index (χ2v) is 3.98. The van der Waals surface area contributed by atoms with E-state index in [2.05, 4.69) is 10.3 Å². The quantitative estimate of drug-likeness (QED) is 0.747. The number of aromatic nitrogens is 1. The Labute approximate surface area is 105 Å². The Hall–Kier alpha value is -2.30. The molecule has 5 heteroatoms. The summed E-state index contributed by atoms with van der Waals surface area (Å²) in [5.74, 6) is 0.180. The van der Waals surface area contributed by atoms with E-state index in [-0.39, 0.29) is 12.5 Å². The summed E-state index contributed by atoms with van der Waals surface area (Å²) < 4.78 is 5.20. The minimum Gasteiger partial charge on any atom is -0.466 e. The molecule has 0 spiro atoms. The van der Waals surface area contributed by atoms with Crippen molar-refractivity contribution >= 4 is 25.0 Å². The summed E-state index contributed by atoms with van der Waals surface area (Å²) in [5.41, 5.74) is 2.67. The maximum Gasteiger partial charge on any atom is 0.262 e. The average molecular weight is 236 g/mol. The SMILES string of the molecule is [B]c1nc2c(cc1-c1ccccc1)NC(=O)CO2. The molecular formula is C13H9BN2O2. The Morgan fingerprint density at radius 1 is 1.28 bits per heavy atom. The molecule has 1 aromatic carbocycles. The van der Waals surface area contributed by atoms with E-state index in [9.17, 15) is 4.79 Å². The van der Waals surface area contributed by atoms with Crippen molar-refractivity contribution in [3.63, 3.8) is 0 Å². The van der Waals surface area contributed by atoms with Crippen molar-refractivity contribution < 1.29 is 9.53 Å². The van der Waals surface area contributed by atoms with E-state index in [0.717, 1.165) is 11.1 Å². The van der Waals surface area contributed by atoms with Gasteiger partial charge in [-0.25, -0.2) is 4.98 Å². The molecule has 0 saturated heterocycles. The molecule has 0 unspecified atom stereocenters. The molecule has 0 bridgehead atoms. The Morgan fingerprint density at radius 3 is 2.83 bits per heavy atom. The van der Waals surface area contributed by atoms with E-state index < -0.39 is 0 Å². The van der Waals surface area contributed by atoms with Gasteiger partial charge >= 0.3 is 0 Å². The van der Waals surface area contributed by atoms with Crippen molar-refractivity contribution in [3.8, 4) is 17.0 Å². The van der Waals surface area contributed by atoms with Crippen molar-refractivity contribution in [3.05, 3.63) is 36.4 Å². The van der Waals surface area contributed by atoms with Crippen molar-refractivity contribution in [2.24, 2.45) is 0 Å². The zero-order chi connectivity index (χ0) is 12.5. The van der Waals surface area contributed by atoms with Crippen LogP contribution in [0.4, 0.5) is 5.69 Å². The van der Waals surface area contributed by atoms with Crippen LogP contribution in [0.3, 0.4) is 0 Å². The van der Waals surface area contributed by atoms with Crippen molar-refractivity contribution in [1.29, 1.82) is 0 Å². The van der Waals surface area contributed by atoms with Crippen LogP contribution in [0.1, 0.15) is 0 Å². The average Bonchev–Trinajstić information content (AvgIpc) is 2.39. The first kappa shape index (κ1) is 10.8. The number of benzene rings is 1. The normalized spacial score (nSPS) is 13.4. The van der Waals surface area contributed by atoms with Crippen LogP contribution >= 0.6 is 0 Å². The predicted molar refractivity (Wildman–Crippen MR) is 69.2 cm³/mol. The number of carbonyl (C=O) groups excluding carboxylic acids is 1. The molecule has 3 rings (SSSR count). The number of anilines is 1. The molecule has 0 atom stereocenters. The lowest BCUT2D eigenvalue weighted by Gasteiger charge is -2.19. The molecule has 0 saturated carbocycles. The van der Waals surface area contributed by atoms with Gasteiger partial charge < -0.3 is 10.1 Å². The van der Waals surface area contributed by atoms with Gasteiger partial charge in [0.25, 0.3) is 5.91 Å². The van der Waals surface area contributed by atoms with Crippen LogP contribution in [0.5, 0.6) is 5.88 Å². The van der Waals surface area contributed by atoms with Gasteiger partial charge in [0.05, 0.1) is 0 Å². The standard InChI is InChI=1S/C13H9BN2O2/c14-12-9(8-4-2-1-3-5-8)6-10-13(16-12)18-7-11(17)15-10/h1-6H,7H2,(H,15,17). The van der Waals surface area contributed by atoms with Gasteiger partial charge in [0.15, 0.2) is 6.61 Å². The summed E-state index contributed by atoms with van der Waals surface area (Å²) in [4.78, 5) is 15.4. The third-order valence-electron chi connectivity index (χ3n) is 2.72. The third kappa shape index (κ3) is 1.84. The van der Waals surface area contributed by atoms with Gasteiger partial charge in [-0.1, -0.05) is 30.3 Å². The highest BCUT2D eigenvalue weighted by Crippen LogP contribution is 2.28. The Kier molecular flexibility index (Phi) is 2.52. The number of fused-ring (bicyclic) bond motifs is 1. The number of ether oxygens (including phenoxy) is 1. The highest BCUT2D eigenvalue weighted by atomic mass is 16.5. The molecule has 2 radical (unpaired) electrons. The van der Waals surface area contributed by atoms with Gasteiger partial charge in [0.2, 0.25) is 5.88 Å². The lowest BCUT2D eigenvalue weighted by molar-refractivity contribution is -0.118. The fourth-order valence-corrected chi connectivity index (χ4v) is 1.88. The Bertz CT molecular complexity index is 614. The summed E-state index contributed by atoms with van der Waals surface area (Å²) >= 11 is 0. The molecule has 2 heterocycles. The molecule has 1 aromatic heterocycles. The Balaban J connectivity index is 2.12. The highest BCUT2D eigenvalue weighted by Gasteiger charge is 2.19. The van der Waals surface area contributed by atoms with Crippen molar-refractivity contribution in [2.75, 3.05) is 11.9 Å². The van der Waals surface area contributed by atoms with E-state index in [0.29, 0.717) is 17.2 Å². The van der Waals surface area contributed by atoms with Gasteiger partial charge in [0, 0.05) is 0 Å². The molecule has 1 aliphatic heterocycles. The molecular weight excluding hydrogens is 227 g/mol. The van der Waals surface area contributed by atoms with Gasteiger partial charge in [0.1, 0.15) is 13.5 Å². The maximum absolute atomic E-state index is 11.3. The number of carbonyl (C=O) groups is 1. The topological polar surface area (TPSA) is 51.2 Å². The summed E-state index contributed by atoms with van der Waals surface area (Å²) in [6, 6.07) is 11.4. The maximum atomic E-state index is 11.3. The molecule has 2 aromatic rings. The molecule has 1 aliphatic rings. The smallest absolute Gasteiger partial charge is 0.262 e. The second-order valence-electron chi connectivity index (χ2n) is 3.98. The molecule has 86 valence electrons. The van der Waals surface area contributed by atoms with Crippen LogP contribution in [0, 0.1) is 0 Å². The summed E-state index contributed by atoms with van der Waals surface area (Å²) in [7, 11) is 5.91. The monoisotopic (exact) mass is 236 g/mol. The number of nitrogens with one attached hydrogen (secondary N) is 1. The molecule has 0 aliphatic carbocycles. The fourth-order valence-electron chi connectivity index (χ4n) is 1.88. The number of pyridine rings is 1.